The van der Waals surface area contributed by atoms with Gasteiger partial charge >= 0.3 is 6.03 Å². The highest BCUT2D eigenvalue weighted by molar-refractivity contribution is 5.92. The smallest absolute Gasteiger partial charge is 0.321 e. The molecule has 2 aliphatic rings. The number of halogens is 1. The summed E-state index contributed by atoms with van der Waals surface area (Å²) in [6.07, 6.45) is 1.10. The van der Waals surface area contributed by atoms with Crippen LogP contribution in [0, 0.1) is 11.7 Å². The summed E-state index contributed by atoms with van der Waals surface area (Å²) in [6, 6.07) is 18.4. The first-order valence-electron chi connectivity index (χ1n) is 11.4. The summed E-state index contributed by atoms with van der Waals surface area (Å²) >= 11 is 0. The van der Waals surface area contributed by atoms with Crippen molar-refractivity contribution in [3.05, 3.63) is 94.2 Å². The van der Waals surface area contributed by atoms with E-state index in [0.717, 1.165) is 17.7 Å². The molecule has 0 radical (unpaired) electrons. The number of fused-ring (bicyclic) bond motifs is 4. The van der Waals surface area contributed by atoms with Crippen LogP contribution in [0.15, 0.2) is 71.5 Å². The van der Waals surface area contributed by atoms with Gasteiger partial charge in [-0.15, -0.1) is 0 Å². The van der Waals surface area contributed by atoms with Gasteiger partial charge in [0, 0.05) is 36.9 Å². The minimum Gasteiger partial charge on any atom is -0.324 e. The lowest BCUT2D eigenvalue weighted by molar-refractivity contribution is -0.115. The van der Waals surface area contributed by atoms with Crippen LogP contribution in [-0.2, 0) is 17.8 Å². The molecule has 0 saturated carbocycles. The van der Waals surface area contributed by atoms with Gasteiger partial charge in [-0.25, -0.2) is 9.18 Å². The number of carbonyl (C=O) groups is 2. The molecule has 2 N–H and O–H groups in total. The number of hydrogen-bond donors (Lipinski definition) is 2. The molecule has 3 heterocycles. The second kappa shape index (κ2) is 9.13. The van der Waals surface area contributed by atoms with Crippen molar-refractivity contribution in [1.29, 1.82) is 0 Å². The minimum absolute atomic E-state index is 0.0354. The molecule has 2 aromatic carbocycles. The number of aromatic nitrogens is 1. The first kappa shape index (κ1) is 21.9. The Hall–Kier alpha value is -3.94. The highest BCUT2D eigenvalue weighted by atomic mass is 19.1. The molecular weight excluding hydrogens is 435 g/mol. The maximum Gasteiger partial charge on any atom is 0.321 e. The number of anilines is 2. The first-order chi connectivity index (χ1) is 16.5. The van der Waals surface area contributed by atoms with E-state index in [-0.39, 0.29) is 47.3 Å². The third kappa shape index (κ3) is 4.57. The lowest BCUT2D eigenvalue weighted by Gasteiger charge is -2.42. The molecule has 3 amide bonds. The minimum atomic E-state index is -0.358. The fraction of sp³-hybridized carbons (Fsp3) is 0.269. The largest absolute Gasteiger partial charge is 0.324 e. The molecule has 2 aliphatic heterocycles. The third-order valence-electron chi connectivity index (χ3n) is 6.47. The van der Waals surface area contributed by atoms with Gasteiger partial charge in [0.1, 0.15) is 11.5 Å². The molecule has 34 heavy (non-hydrogen) atoms. The van der Waals surface area contributed by atoms with Gasteiger partial charge in [-0.05, 0) is 54.3 Å². The zero-order valence-electron chi connectivity index (χ0n) is 18.5. The number of nitrogens with one attached hydrogen (secondary N) is 2. The van der Waals surface area contributed by atoms with Gasteiger partial charge in [0.15, 0.2) is 0 Å². The van der Waals surface area contributed by atoms with Crippen LogP contribution in [0.2, 0.25) is 0 Å². The van der Waals surface area contributed by atoms with E-state index >= 15 is 0 Å². The maximum atomic E-state index is 13.1. The number of urea groups is 1. The topological polar surface area (TPSA) is 83.4 Å². The summed E-state index contributed by atoms with van der Waals surface area (Å²) < 4.78 is 14.9. The second-order valence-electron chi connectivity index (χ2n) is 8.94. The summed E-state index contributed by atoms with van der Waals surface area (Å²) in [5, 5.41) is 5.58. The predicted molar refractivity (Wildman–Crippen MR) is 127 cm³/mol. The van der Waals surface area contributed by atoms with Gasteiger partial charge in [0.2, 0.25) is 5.91 Å². The molecule has 3 aromatic rings. The number of hydrogen-bond acceptors (Lipinski definition) is 3. The van der Waals surface area contributed by atoms with Crippen molar-refractivity contribution in [3.8, 4) is 0 Å². The van der Waals surface area contributed by atoms with Crippen LogP contribution in [0.3, 0.4) is 0 Å². The summed E-state index contributed by atoms with van der Waals surface area (Å²) in [5.41, 5.74) is 2.36. The molecule has 8 heteroatoms. The Morgan fingerprint density at radius 2 is 1.68 bits per heavy atom. The molecule has 2 atom stereocenters. The number of likely N-dealkylation sites (tertiary alicyclic amines) is 1. The van der Waals surface area contributed by atoms with Gasteiger partial charge in [-0.1, -0.05) is 30.3 Å². The summed E-state index contributed by atoms with van der Waals surface area (Å²) in [6.45, 7) is 1.51. The number of piperidine rings is 1. The SMILES string of the molecule is O=C(Cc1ccccc1)Nc1ccc2n(c1=O)C[C@H]1C[C@@H]2CN(C(=O)Nc2ccc(F)cc2)C1. The number of benzene rings is 2. The highest BCUT2D eigenvalue weighted by Gasteiger charge is 2.36. The quantitative estimate of drug-likeness (QED) is 0.621. The molecule has 5 rings (SSSR count). The molecule has 1 fully saturated rings. The van der Waals surface area contributed by atoms with Gasteiger partial charge < -0.3 is 20.1 Å². The van der Waals surface area contributed by atoms with E-state index in [4.69, 9.17) is 0 Å². The van der Waals surface area contributed by atoms with Crippen molar-refractivity contribution in [1.82, 2.24) is 9.47 Å². The monoisotopic (exact) mass is 460 g/mol. The van der Waals surface area contributed by atoms with Crippen LogP contribution in [0.25, 0.3) is 0 Å². The number of pyridine rings is 1. The molecule has 0 spiro atoms. The summed E-state index contributed by atoms with van der Waals surface area (Å²) in [7, 11) is 0. The van der Waals surface area contributed by atoms with Crippen LogP contribution in [0.1, 0.15) is 23.6 Å². The number of carbonyl (C=O) groups excluding carboxylic acids is 2. The van der Waals surface area contributed by atoms with Crippen molar-refractivity contribution in [2.24, 2.45) is 5.92 Å². The van der Waals surface area contributed by atoms with Crippen LogP contribution in [0.4, 0.5) is 20.6 Å². The fourth-order valence-electron chi connectivity index (χ4n) is 4.92. The van der Waals surface area contributed by atoms with Gasteiger partial charge in [-0.2, -0.15) is 0 Å². The van der Waals surface area contributed by atoms with Crippen LogP contribution in [-0.4, -0.2) is 34.5 Å². The van der Waals surface area contributed by atoms with Crippen molar-refractivity contribution in [3.63, 3.8) is 0 Å². The molecule has 7 nitrogen and oxygen atoms in total. The standard InChI is InChI=1S/C26H25FN4O3/c27-20-6-8-21(9-7-20)28-26(34)30-14-18-12-19(16-30)23-11-10-22(25(33)31(23)15-18)29-24(32)13-17-4-2-1-3-5-17/h1-11,18-19H,12-16H2,(H,28,34)(H,29,32)/t18-,19+/m0/s1. The Bertz CT molecular complexity index is 1270. The molecule has 2 bridgehead atoms. The predicted octanol–water partition coefficient (Wildman–Crippen LogP) is 3.82. The van der Waals surface area contributed by atoms with Crippen LogP contribution in [0.5, 0.6) is 0 Å². The Balaban J connectivity index is 1.29. The van der Waals surface area contributed by atoms with Gasteiger partial charge in [0.05, 0.1) is 6.42 Å². The summed E-state index contributed by atoms with van der Waals surface area (Å²) in [5.74, 6) is -0.418. The van der Waals surface area contributed by atoms with Crippen molar-refractivity contribution >= 4 is 23.3 Å². The summed E-state index contributed by atoms with van der Waals surface area (Å²) in [4.78, 5) is 40.1. The molecule has 0 aliphatic carbocycles. The lowest BCUT2D eigenvalue weighted by Crippen LogP contribution is -2.50. The van der Waals surface area contributed by atoms with E-state index in [1.54, 1.807) is 15.5 Å². The zero-order valence-corrected chi connectivity index (χ0v) is 18.5. The fourth-order valence-corrected chi connectivity index (χ4v) is 4.92. The highest BCUT2D eigenvalue weighted by Crippen LogP contribution is 2.35. The maximum absolute atomic E-state index is 13.1. The Morgan fingerprint density at radius 1 is 0.912 bits per heavy atom. The molecule has 1 saturated heterocycles. The van der Waals surface area contributed by atoms with Crippen molar-refractivity contribution < 1.29 is 14.0 Å². The van der Waals surface area contributed by atoms with E-state index in [9.17, 15) is 18.8 Å². The van der Waals surface area contributed by atoms with Crippen LogP contribution < -0.4 is 16.2 Å². The van der Waals surface area contributed by atoms with Crippen LogP contribution >= 0.6 is 0 Å². The first-order valence-corrected chi connectivity index (χ1v) is 11.4. The Kier molecular flexibility index (Phi) is 5.88. The molecule has 174 valence electrons. The Labute approximate surface area is 196 Å². The number of amides is 3. The average Bonchev–Trinajstić information content (AvgIpc) is 2.83. The second-order valence-corrected chi connectivity index (χ2v) is 8.94. The van der Waals surface area contributed by atoms with E-state index < -0.39 is 0 Å². The van der Waals surface area contributed by atoms with Gasteiger partial charge in [-0.3, -0.25) is 9.59 Å². The zero-order chi connectivity index (χ0) is 23.7. The van der Waals surface area contributed by atoms with Crippen molar-refractivity contribution in [2.45, 2.75) is 25.3 Å². The molecule has 1 aromatic heterocycles. The number of rotatable bonds is 4. The van der Waals surface area contributed by atoms with E-state index in [1.165, 1.54) is 24.3 Å². The molecular formula is C26H25FN4O3. The Morgan fingerprint density at radius 3 is 2.44 bits per heavy atom. The van der Waals surface area contributed by atoms with E-state index in [2.05, 4.69) is 10.6 Å². The average molecular weight is 461 g/mol. The van der Waals surface area contributed by atoms with Crippen molar-refractivity contribution in [2.75, 3.05) is 23.7 Å². The normalized spacial score (nSPS) is 18.7. The van der Waals surface area contributed by atoms with Gasteiger partial charge in [0.25, 0.3) is 5.56 Å². The lowest BCUT2D eigenvalue weighted by atomic mass is 9.83. The van der Waals surface area contributed by atoms with E-state index in [0.29, 0.717) is 25.3 Å². The van der Waals surface area contributed by atoms with E-state index in [1.807, 2.05) is 36.4 Å². The number of nitrogens with zero attached hydrogens (tertiary/aromatic N) is 2. The third-order valence-corrected chi connectivity index (χ3v) is 6.47. The molecule has 0 unspecified atom stereocenters.